The summed E-state index contributed by atoms with van der Waals surface area (Å²) in [5, 5.41) is 10.4. The average molecular weight is 205 g/mol. The highest BCUT2D eigenvalue weighted by Gasteiger charge is 2.04. The van der Waals surface area contributed by atoms with E-state index in [-0.39, 0.29) is 16.9 Å². The van der Waals surface area contributed by atoms with E-state index in [4.69, 9.17) is 4.74 Å². The number of carboxylic acid groups (broad SMARTS) is 1. The average Bonchev–Trinajstić information content (AvgIpc) is 2.18. The molecule has 0 atom stereocenters. The fraction of sp³-hybridized carbons (Fsp3) is 0.0909. The minimum atomic E-state index is -1.27. The predicted molar refractivity (Wildman–Crippen MR) is 51.2 cm³/mol. The molecule has 0 saturated heterocycles. The lowest BCUT2D eigenvalue weighted by molar-refractivity contribution is -0.255. The van der Waals surface area contributed by atoms with Crippen LogP contribution >= 0.6 is 0 Å². The van der Waals surface area contributed by atoms with Crippen LogP contribution in [-0.2, 0) is 4.79 Å². The van der Waals surface area contributed by atoms with Gasteiger partial charge in [0.15, 0.2) is 0 Å². The molecule has 1 aromatic carbocycles. The van der Waals surface area contributed by atoms with E-state index in [0.29, 0.717) is 0 Å². The van der Waals surface area contributed by atoms with Crippen molar-refractivity contribution in [2.75, 3.05) is 0 Å². The minimum Gasteiger partial charge on any atom is -0.545 e. The van der Waals surface area contributed by atoms with E-state index >= 15 is 0 Å². The van der Waals surface area contributed by atoms with E-state index in [0.717, 1.165) is 0 Å². The molecule has 0 aliphatic rings. The fourth-order valence-electron chi connectivity index (χ4n) is 0.853. The quantitative estimate of drug-likeness (QED) is 0.410. The number of rotatable bonds is 3. The molecule has 4 nitrogen and oxygen atoms in total. The van der Waals surface area contributed by atoms with Crippen LogP contribution in [0.2, 0.25) is 0 Å². The molecule has 0 amide bonds. The Kier molecular flexibility index (Phi) is 3.23. The third kappa shape index (κ3) is 2.95. The smallest absolute Gasteiger partial charge is 0.338 e. The minimum absolute atomic E-state index is 0.0325. The van der Waals surface area contributed by atoms with Gasteiger partial charge >= 0.3 is 5.97 Å². The SMILES string of the molecule is C=C(C)C(=O)Oc1ccc(C(=O)[O-])cc1. The van der Waals surface area contributed by atoms with Crippen LogP contribution in [0, 0.1) is 0 Å². The highest BCUT2D eigenvalue weighted by Crippen LogP contribution is 2.12. The first-order valence-corrected chi connectivity index (χ1v) is 4.20. The number of aromatic carboxylic acids is 1. The van der Waals surface area contributed by atoms with Crippen LogP contribution < -0.4 is 9.84 Å². The van der Waals surface area contributed by atoms with Gasteiger partial charge in [-0.05, 0) is 36.8 Å². The molecule has 0 aliphatic heterocycles. The van der Waals surface area contributed by atoms with E-state index in [9.17, 15) is 14.7 Å². The number of carbonyl (C=O) groups excluding carboxylic acids is 2. The zero-order valence-corrected chi connectivity index (χ0v) is 8.15. The largest absolute Gasteiger partial charge is 0.545 e. The maximum atomic E-state index is 11.1. The Morgan fingerprint density at radius 3 is 2.20 bits per heavy atom. The van der Waals surface area contributed by atoms with Crippen molar-refractivity contribution >= 4 is 11.9 Å². The van der Waals surface area contributed by atoms with Crippen molar-refractivity contribution in [2.45, 2.75) is 6.92 Å². The van der Waals surface area contributed by atoms with Crippen molar-refractivity contribution in [1.29, 1.82) is 0 Å². The molecule has 0 fully saturated rings. The zero-order valence-electron chi connectivity index (χ0n) is 8.15. The first kappa shape index (κ1) is 11.0. The molecule has 0 unspecified atom stereocenters. The molecule has 78 valence electrons. The number of ether oxygens (including phenoxy) is 1. The van der Waals surface area contributed by atoms with Crippen LogP contribution in [0.3, 0.4) is 0 Å². The summed E-state index contributed by atoms with van der Waals surface area (Å²) in [5.41, 5.74) is 0.309. The molecule has 0 radical (unpaired) electrons. The standard InChI is InChI=1S/C11H10O4/c1-7(2)11(14)15-9-5-3-8(4-6-9)10(12)13/h3-6H,1H2,2H3,(H,12,13)/p-1. The van der Waals surface area contributed by atoms with Crippen molar-refractivity contribution in [1.82, 2.24) is 0 Å². The van der Waals surface area contributed by atoms with Gasteiger partial charge in [0.2, 0.25) is 0 Å². The van der Waals surface area contributed by atoms with E-state index in [1.54, 1.807) is 0 Å². The molecule has 0 aromatic heterocycles. The molecule has 4 heteroatoms. The molecular weight excluding hydrogens is 196 g/mol. The van der Waals surface area contributed by atoms with Gasteiger partial charge in [-0.2, -0.15) is 0 Å². The normalized spacial score (nSPS) is 9.40. The van der Waals surface area contributed by atoms with E-state index in [2.05, 4.69) is 6.58 Å². The Bertz CT molecular complexity index is 403. The second-order valence-corrected chi connectivity index (χ2v) is 2.98. The van der Waals surface area contributed by atoms with E-state index < -0.39 is 11.9 Å². The van der Waals surface area contributed by atoms with Crippen LogP contribution in [-0.4, -0.2) is 11.9 Å². The summed E-state index contributed by atoms with van der Waals surface area (Å²) in [6.07, 6.45) is 0. The van der Waals surface area contributed by atoms with Gasteiger partial charge < -0.3 is 14.6 Å². The molecule has 0 bridgehead atoms. The first-order chi connectivity index (χ1) is 7.00. The monoisotopic (exact) mass is 205 g/mol. The predicted octanol–water partition coefficient (Wildman–Crippen LogP) is 0.532. The lowest BCUT2D eigenvalue weighted by atomic mass is 10.2. The molecule has 0 heterocycles. The number of esters is 1. The number of carboxylic acids is 1. The Morgan fingerprint density at radius 1 is 1.27 bits per heavy atom. The van der Waals surface area contributed by atoms with Gasteiger partial charge in [-0.3, -0.25) is 0 Å². The third-order valence-corrected chi connectivity index (χ3v) is 1.65. The van der Waals surface area contributed by atoms with Crippen LogP contribution in [0.1, 0.15) is 17.3 Å². The fourth-order valence-corrected chi connectivity index (χ4v) is 0.853. The Balaban J connectivity index is 2.77. The van der Waals surface area contributed by atoms with Gasteiger partial charge in [-0.15, -0.1) is 0 Å². The maximum Gasteiger partial charge on any atom is 0.338 e. The molecule has 0 spiro atoms. The van der Waals surface area contributed by atoms with E-state index in [1.807, 2.05) is 0 Å². The summed E-state index contributed by atoms with van der Waals surface area (Å²) in [6.45, 7) is 4.94. The van der Waals surface area contributed by atoms with Crippen molar-refractivity contribution < 1.29 is 19.4 Å². The van der Waals surface area contributed by atoms with Crippen molar-refractivity contribution in [2.24, 2.45) is 0 Å². The third-order valence-electron chi connectivity index (χ3n) is 1.65. The number of hydrogen-bond donors (Lipinski definition) is 0. The zero-order chi connectivity index (χ0) is 11.4. The molecular formula is C11H9O4-. The summed E-state index contributed by atoms with van der Waals surface area (Å²) >= 11 is 0. The molecule has 0 saturated carbocycles. The van der Waals surface area contributed by atoms with Crippen LogP contribution in [0.25, 0.3) is 0 Å². The summed E-state index contributed by atoms with van der Waals surface area (Å²) in [7, 11) is 0. The topological polar surface area (TPSA) is 66.4 Å². The van der Waals surface area contributed by atoms with Crippen molar-refractivity contribution in [3.63, 3.8) is 0 Å². The van der Waals surface area contributed by atoms with Crippen LogP contribution in [0.15, 0.2) is 36.4 Å². The van der Waals surface area contributed by atoms with Crippen molar-refractivity contribution in [3.8, 4) is 5.75 Å². The maximum absolute atomic E-state index is 11.1. The van der Waals surface area contributed by atoms with Crippen LogP contribution in [0.4, 0.5) is 0 Å². The molecule has 0 N–H and O–H groups in total. The summed E-state index contributed by atoms with van der Waals surface area (Å²) < 4.78 is 4.86. The van der Waals surface area contributed by atoms with Crippen LogP contribution in [0.5, 0.6) is 5.75 Å². The molecule has 1 aromatic rings. The second-order valence-electron chi connectivity index (χ2n) is 2.98. The van der Waals surface area contributed by atoms with Gasteiger partial charge in [0.05, 0.1) is 5.97 Å². The Morgan fingerprint density at radius 2 is 1.80 bits per heavy atom. The van der Waals surface area contributed by atoms with Crippen molar-refractivity contribution in [3.05, 3.63) is 42.0 Å². The summed E-state index contributed by atoms with van der Waals surface area (Å²) in [4.78, 5) is 21.5. The van der Waals surface area contributed by atoms with Gasteiger partial charge in [0, 0.05) is 5.57 Å². The Hall–Kier alpha value is -2.10. The van der Waals surface area contributed by atoms with Gasteiger partial charge in [-0.25, -0.2) is 4.79 Å². The number of benzene rings is 1. The highest BCUT2D eigenvalue weighted by atomic mass is 16.5. The second kappa shape index (κ2) is 4.41. The molecule has 1 rings (SSSR count). The van der Waals surface area contributed by atoms with Gasteiger partial charge in [-0.1, -0.05) is 6.58 Å². The Labute approximate surface area is 86.8 Å². The number of carbonyl (C=O) groups is 2. The van der Waals surface area contributed by atoms with Gasteiger partial charge in [0.25, 0.3) is 0 Å². The number of hydrogen-bond acceptors (Lipinski definition) is 4. The highest BCUT2D eigenvalue weighted by molar-refractivity contribution is 5.89. The van der Waals surface area contributed by atoms with E-state index in [1.165, 1.54) is 31.2 Å². The van der Waals surface area contributed by atoms with Gasteiger partial charge in [0.1, 0.15) is 5.75 Å². The lowest BCUT2D eigenvalue weighted by Crippen LogP contribution is -2.22. The summed E-state index contributed by atoms with van der Waals surface area (Å²) in [6, 6.07) is 5.37. The summed E-state index contributed by atoms with van der Waals surface area (Å²) in [5.74, 6) is -1.54. The first-order valence-electron chi connectivity index (χ1n) is 4.20. The molecule has 0 aliphatic carbocycles. The lowest BCUT2D eigenvalue weighted by Gasteiger charge is -2.05. The molecule has 15 heavy (non-hydrogen) atoms.